The highest BCUT2D eigenvalue weighted by Gasteiger charge is 2.42. The van der Waals surface area contributed by atoms with Crippen LogP contribution in [0.3, 0.4) is 0 Å². The first-order chi connectivity index (χ1) is 20.0. The molecule has 42 heavy (non-hydrogen) atoms. The van der Waals surface area contributed by atoms with Gasteiger partial charge in [0.25, 0.3) is 11.8 Å². The number of carbonyl (C=O) groups excluding carboxylic acids is 3. The van der Waals surface area contributed by atoms with Gasteiger partial charge in [-0.25, -0.2) is 0 Å². The number of rotatable bonds is 9. The van der Waals surface area contributed by atoms with Crippen LogP contribution in [0.2, 0.25) is 0 Å². The Morgan fingerprint density at radius 1 is 0.976 bits per heavy atom. The molecule has 3 aliphatic heterocycles. The monoisotopic (exact) mass is 577 g/mol. The Labute approximate surface area is 243 Å². The highest BCUT2D eigenvalue weighted by atomic mass is 16.5. The van der Waals surface area contributed by atoms with Crippen LogP contribution < -0.4 is 21.6 Å². The normalized spacial score (nSPS) is 20.0. The number of hydrogen-bond acceptors (Lipinski definition) is 8. The van der Waals surface area contributed by atoms with Gasteiger partial charge in [0.15, 0.2) is 0 Å². The predicted octanol–water partition coefficient (Wildman–Crippen LogP) is -0.859. The molecule has 0 aromatic heterocycles. The predicted molar refractivity (Wildman–Crippen MR) is 152 cm³/mol. The number of likely N-dealkylation sites (tertiary alicyclic amines) is 1. The third-order valence-corrected chi connectivity index (χ3v) is 7.85. The lowest BCUT2D eigenvalue weighted by atomic mass is 9.78. The molecule has 3 heterocycles. The van der Waals surface area contributed by atoms with Gasteiger partial charge >= 0.3 is 20.2 Å². The second-order valence-corrected chi connectivity index (χ2v) is 11.5. The summed E-state index contributed by atoms with van der Waals surface area (Å²) in [6.45, 7) is 4.35. The molecular formula is C28H33B2N3O9. The van der Waals surface area contributed by atoms with Gasteiger partial charge in [-0.3, -0.25) is 19.2 Å². The van der Waals surface area contributed by atoms with Gasteiger partial charge in [0.2, 0.25) is 5.91 Å². The fourth-order valence-corrected chi connectivity index (χ4v) is 5.82. The molecule has 0 unspecified atom stereocenters. The van der Waals surface area contributed by atoms with E-state index in [1.807, 2.05) is 13.8 Å². The van der Waals surface area contributed by atoms with E-state index in [9.17, 15) is 34.3 Å². The standard InChI is InChI=1S/C28H33B2N3O9/c1-15(2)7-20(11-25(34)35)31-27(37)24-10-21(32-26(36)16-3-5-18-13-41-29(39)22(18)8-16)12-33(24)28(38)17-4-6-19-14-42-30(40)23(19)9-17/h3-6,8-9,15,20-21,24,39-40H,7,10-14H2,1-2H3,(H,31,37)(H,32,36)(H,34,35)/t20-,21+,24-/m0/s1. The third kappa shape index (κ3) is 6.36. The third-order valence-electron chi connectivity index (χ3n) is 7.85. The van der Waals surface area contributed by atoms with Crippen molar-refractivity contribution >= 4 is 48.9 Å². The molecule has 0 radical (unpaired) electrons. The maximum atomic E-state index is 13.8. The van der Waals surface area contributed by atoms with Crippen molar-refractivity contribution in [3.63, 3.8) is 0 Å². The molecule has 220 valence electrons. The Kier molecular flexibility index (Phi) is 8.69. The van der Waals surface area contributed by atoms with Crippen LogP contribution >= 0.6 is 0 Å². The van der Waals surface area contributed by atoms with Gasteiger partial charge in [0.05, 0.1) is 19.6 Å². The molecule has 5 N–H and O–H groups in total. The Morgan fingerprint density at radius 2 is 1.57 bits per heavy atom. The molecule has 2 aromatic rings. The molecule has 12 nitrogen and oxygen atoms in total. The molecule has 0 saturated carbocycles. The van der Waals surface area contributed by atoms with E-state index in [1.54, 1.807) is 36.4 Å². The minimum Gasteiger partial charge on any atom is -0.481 e. The van der Waals surface area contributed by atoms with Crippen LogP contribution in [0.25, 0.3) is 0 Å². The lowest BCUT2D eigenvalue weighted by molar-refractivity contribution is -0.138. The van der Waals surface area contributed by atoms with Crippen LogP contribution in [0.15, 0.2) is 36.4 Å². The largest absolute Gasteiger partial charge is 0.491 e. The number of fused-ring (bicyclic) bond motifs is 2. The topological polar surface area (TPSA) is 175 Å². The summed E-state index contributed by atoms with van der Waals surface area (Å²) >= 11 is 0. The van der Waals surface area contributed by atoms with Gasteiger partial charge in [-0.15, -0.1) is 0 Å². The van der Waals surface area contributed by atoms with Crippen molar-refractivity contribution < 1.29 is 43.6 Å². The summed E-state index contributed by atoms with van der Waals surface area (Å²) in [7, 11) is -2.26. The molecule has 3 amide bonds. The number of carboxylic acids is 1. The van der Waals surface area contributed by atoms with Crippen LogP contribution in [0.1, 0.15) is 65.0 Å². The second-order valence-electron chi connectivity index (χ2n) is 11.5. The minimum atomic E-state index is -1.15. The molecule has 14 heteroatoms. The maximum Gasteiger partial charge on any atom is 0.491 e. The summed E-state index contributed by atoms with van der Waals surface area (Å²) in [6, 6.07) is 7.54. The Morgan fingerprint density at radius 3 is 2.17 bits per heavy atom. The van der Waals surface area contributed by atoms with Crippen LogP contribution in [-0.2, 0) is 32.1 Å². The minimum absolute atomic E-state index is 0.0310. The first-order valence-corrected chi connectivity index (χ1v) is 14.0. The summed E-state index contributed by atoms with van der Waals surface area (Å²) < 4.78 is 10.4. The average Bonchev–Trinajstić information content (AvgIpc) is 3.64. The summed E-state index contributed by atoms with van der Waals surface area (Å²) in [5.74, 6) is -2.33. The second kappa shape index (κ2) is 12.3. The molecule has 5 rings (SSSR count). The highest BCUT2D eigenvalue weighted by molar-refractivity contribution is 6.62. The van der Waals surface area contributed by atoms with Crippen molar-refractivity contribution in [2.75, 3.05) is 6.54 Å². The maximum absolute atomic E-state index is 13.8. The molecule has 1 saturated heterocycles. The number of amides is 3. The van der Waals surface area contributed by atoms with E-state index in [-0.39, 0.29) is 44.1 Å². The Balaban J connectivity index is 1.37. The summed E-state index contributed by atoms with van der Waals surface area (Å²) in [5, 5.41) is 35.2. The molecule has 3 atom stereocenters. The smallest absolute Gasteiger partial charge is 0.481 e. The Bertz CT molecular complexity index is 1400. The number of carboxylic acid groups (broad SMARTS) is 1. The van der Waals surface area contributed by atoms with Gasteiger partial charge in [0, 0.05) is 29.8 Å². The number of nitrogens with zero attached hydrogens (tertiary/aromatic N) is 1. The molecule has 3 aliphatic rings. The van der Waals surface area contributed by atoms with Crippen LogP contribution in [0.5, 0.6) is 0 Å². The van der Waals surface area contributed by atoms with Crippen molar-refractivity contribution in [1.29, 1.82) is 0 Å². The lowest BCUT2D eigenvalue weighted by Gasteiger charge is -2.27. The van der Waals surface area contributed by atoms with Gasteiger partial charge in [0.1, 0.15) is 6.04 Å². The van der Waals surface area contributed by atoms with Crippen LogP contribution in [-0.4, -0.2) is 82.7 Å². The molecule has 1 fully saturated rings. The van der Waals surface area contributed by atoms with Crippen molar-refractivity contribution in [2.24, 2.45) is 5.92 Å². The summed E-state index contributed by atoms with van der Waals surface area (Å²) in [4.78, 5) is 53.3. The van der Waals surface area contributed by atoms with E-state index < -0.39 is 56.1 Å². The molecule has 2 aromatic carbocycles. The number of benzene rings is 2. The molecular weight excluding hydrogens is 544 g/mol. The van der Waals surface area contributed by atoms with E-state index in [1.165, 1.54) is 4.90 Å². The number of aliphatic carboxylic acids is 1. The fraction of sp³-hybridized carbons (Fsp3) is 0.429. The van der Waals surface area contributed by atoms with Crippen LogP contribution in [0, 0.1) is 5.92 Å². The average molecular weight is 577 g/mol. The fourth-order valence-electron chi connectivity index (χ4n) is 5.82. The van der Waals surface area contributed by atoms with Gasteiger partial charge < -0.3 is 40.0 Å². The lowest BCUT2D eigenvalue weighted by Crippen LogP contribution is -2.49. The number of hydrogen-bond donors (Lipinski definition) is 5. The van der Waals surface area contributed by atoms with Crippen molar-refractivity contribution in [1.82, 2.24) is 15.5 Å². The number of carbonyl (C=O) groups is 4. The van der Waals surface area contributed by atoms with Crippen LogP contribution in [0.4, 0.5) is 0 Å². The van der Waals surface area contributed by atoms with E-state index in [4.69, 9.17) is 9.31 Å². The quantitative estimate of drug-likeness (QED) is 0.238. The van der Waals surface area contributed by atoms with Gasteiger partial charge in [-0.1, -0.05) is 26.0 Å². The molecule has 0 bridgehead atoms. The van der Waals surface area contributed by atoms with E-state index >= 15 is 0 Å². The Hall–Kier alpha value is -3.71. The first kappa shape index (κ1) is 29.8. The van der Waals surface area contributed by atoms with Crippen molar-refractivity contribution in [2.45, 2.75) is 64.4 Å². The zero-order valence-corrected chi connectivity index (χ0v) is 23.4. The number of nitrogens with one attached hydrogen (secondary N) is 2. The van der Waals surface area contributed by atoms with Crippen molar-refractivity contribution in [3.8, 4) is 0 Å². The molecule has 0 aliphatic carbocycles. The van der Waals surface area contributed by atoms with Crippen molar-refractivity contribution in [3.05, 3.63) is 58.7 Å². The summed E-state index contributed by atoms with van der Waals surface area (Å²) in [6.07, 6.45) is 0.287. The zero-order chi connectivity index (χ0) is 30.1. The van der Waals surface area contributed by atoms with Gasteiger partial charge in [-0.05, 0) is 65.1 Å². The van der Waals surface area contributed by atoms with Gasteiger partial charge in [-0.2, -0.15) is 0 Å². The summed E-state index contributed by atoms with van der Waals surface area (Å²) in [5.41, 5.74) is 3.09. The van der Waals surface area contributed by atoms with E-state index in [0.717, 1.165) is 11.1 Å². The SMILES string of the molecule is CC(C)C[C@@H](CC(=O)O)NC(=O)[C@@H]1C[C@@H](NC(=O)c2ccc3c(c2)B(O)OC3)CN1C(=O)c1ccc2c(c1)B(O)OC2. The first-order valence-electron chi connectivity index (χ1n) is 14.0. The van der Waals surface area contributed by atoms with E-state index in [0.29, 0.717) is 22.9 Å². The zero-order valence-electron chi connectivity index (χ0n) is 23.4. The van der Waals surface area contributed by atoms with E-state index in [2.05, 4.69) is 10.6 Å². The molecule has 0 spiro atoms. The highest BCUT2D eigenvalue weighted by Crippen LogP contribution is 2.24.